The smallest absolute Gasteiger partial charge is 0.340 e. The van der Waals surface area contributed by atoms with Crippen molar-refractivity contribution in [1.29, 1.82) is 0 Å². The summed E-state index contributed by atoms with van der Waals surface area (Å²) in [7, 11) is 0. The summed E-state index contributed by atoms with van der Waals surface area (Å²) in [6.07, 6.45) is 3.40. The van der Waals surface area contributed by atoms with E-state index in [1.165, 1.54) is 6.20 Å². The average molecular weight is 344 g/mol. The van der Waals surface area contributed by atoms with Crippen LogP contribution in [0, 0.1) is 0 Å². The van der Waals surface area contributed by atoms with Gasteiger partial charge in [-0.1, -0.05) is 32.3 Å². The van der Waals surface area contributed by atoms with E-state index in [0.717, 1.165) is 23.9 Å². The maximum absolute atomic E-state index is 12.3. The van der Waals surface area contributed by atoms with Gasteiger partial charge >= 0.3 is 5.97 Å². The first-order valence-electron chi connectivity index (χ1n) is 8.27. The van der Waals surface area contributed by atoms with Crippen LogP contribution in [0.2, 0.25) is 0 Å². The molecule has 0 radical (unpaired) electrons. The van der Waals surface area contributed by atoms with Gasteiger partial charge in [-0.25, -0.2) is 14.5 Å². The van der Waals surface area contributed by atoms with Crippen molar-refractivity contribution < 1.29 is 14.1 Å². The summed E-state index contributed by atoms with van der Waals surface area (Å²) in [5, 5.41) is 16.1. The lowest BCUT2D eigenvalue weighted by Crippen LogP contribution is -2.11. The summed E-state index contributed by atoms with van der Waals surface area (Å²) in [5.74, 6) is 0.191. The molecule has 0 aromatic carbocycles. The highest BCUT2D eigenvalue weighted by Crippen LogP contribution is 2.24. The van der Waals surface area contributed by atoms with Gasteiger partial charge in [0.2, 0.25) is 0 Å². The highest BCUT2D eigenvalue weighted by Gasteiger charge is 2.17. The number of tetrazole rings is 1. The van der Waals surface area contributed by atoms with Gasteiger partial charge in [-0.15, -0.1) is 5.10 Å². The summed E-state index contributed by atoms with van der Waals surface area (Å²) in [6.45, 7) is 6.79. The number of fused-ring (bicyclic) bond motifs is 1. The summed E-state index contributed by atoms with van der Waals surface area (Å²) in [4.78, 5) is 16.5. The number of carbonyl (C=O) groups excluding carboxylic acids is 1. The van der Waals surface area contributed by atoms with Crippen LogP contribution in [0.3, 0.4) is 0 Å². The lowest BCUT2D eigenvalue weighted by Gasteiger charge is -2.06. The Kier molecular flexibility index (Phi) is 5.01. The van der Waals surface area contributed by atoms with Gasteiger partial charge in [-0.3, -0.25) is 0 Å². The van der Waals surface area contributed by atoms with Gasteiger partial charge in [0.25, 0.3) is 5.71 Å². The fourth-order valence-electron chi connectivity index (χ4n) is 2.40. The normalized spacial score (nSPS) is 11.4. The number of carbonyl (C=O) groups is 1. The molecule has 0 saturated heterocycles. The fraction of sp³-hybridized carbons (Fsp3) is 0.500. The number of nitrogens with zero attached hydrogens (tertiary/aromatic N) is 6. The van der Waals surface area contributed by atoms with Crippen molar-refractivity contribution in [1.82, 2.24) is 30.3 Å². The Morgan fingerprint density at radius 2 is 2.24 bits per heavy atom. The molecular formula is C16H20N6O3. The Balaban J connectivity index is 1.72. The van der Waals surface area contributed by atoms with Gasteiger partial charge in [-0.05, 0) is 28.8 Å². The molecule has 0 fully saturated rings. The first kappa shape index (κ1) is 17.0. The van der Waals surface area contributed by atoms with Crippen LogP contribution in [0.4, 0.5) is 0 Å². The Hall–Kier alpha value is -2.84. The van der Waals surface area contributed by atoms with E-state index in [4.69, 9.17) is 9.26 Å². The molecule has 0 saturated carbocycles. The van der Waals surface area contributed by atoms with E-state index in [0.29, 0.717) is 23.6 Å². The molecule has 0 spiro atoms. The Morgan fingerprint density at radius 3 is 3.00 bits per heavy atom. The molecule has 3 aromatic heterocycles. The molecule has 0 aliphatic heterocycles. The van der Waals surface area contributed by atoms with Gasteiger partial charge in [0.05, 0.1) is 16.6 Å². The fourth-order valence-corrected chi connectivity index (χ4v) is 2.40. The molecule has 0 atom stereocenters. The molecule has 0 N–H and O–H groups in total. The van der Waals surface area contributed by atoms with E-state index in [1.54, 1.807) is 10.7 Å². The number of unbranched alkanes of at least 4 members (excludes halogenated alkanes) is 1. The summed E-state index contributed by atoms with van der Waals surface area (Å²) < 4.78 is 12.1. The van der Waals surface area contributed by atoms with Crippen LogP contribution in [-0.4, -0.2) is 36.3 Å². The van der Waals surface area contributed by atoms with Gasteiger partial charge in [0.15, 0.2) is 12.4 Å². The van der Waals surface area contributed by atoms with Crippen LogP contribution in [0.25, 0.3) is 11.1 Å². The van der Waals surface area contributed by atoms with Gasteiger partial charge < -0.3 is 9.26 Å². The molecule has 9 nitrogen and oxygen atoms in total. The van der Waals surface area contributed by atoms with Crippen molar-refractivity contribution in [3.8, 4) is 0 Å². The highest BCUT2D eigenvalue weighted by atomic mass is 16.5. The van der Waals surface area contributed by atoms with Gasteiger partial charge in [-0.2, -0.15) is 0 Å². The summed E-state index contributed by atoms with van der Waals surface area (Å²) >= 11 is 0. The molecule has 0 aliphatic rings. The van der Waals surface area contributed by atoms with Crippen molar-refractivity contribution in [3.05, 3.63) is 29.3 Å². The maximum atomic E-state index is 12.3. The van der Waals surface area contributed by atoms with E-state index < -0.39 is 5.97 Å². The number of hydrogen-bond acceptors (Lipinski definition) is 8. The number of pyridine rings is 1. The number of hydrogen-bond donors (Lipinski definition) is 0. The van der Waals surface area contributed by atoms with Crippen molar-refractivity contribution >= 4 is 17.1 Å². The second-order valence-electron chi connectivity index (χ2n) is 6.05. The SMILES string of the molecule is CCCCn1nnnc1COC(=O)c1cnc2onc(C(C)C)c2c1. The molecule has 25 heavy (non-hydrogen) atoms. The third kappa shape index (κ3) is 3.65. The number of aryl methyl sites for hydroxylation is 1. The summed E-state index contributed by atoms with van der Waals surface area (Å²) in [5.41, 5.74) is 1.51. The second kappa shape index (κ2) is 7.37. The summed E-state index contributed by atoms with van der Waals surface area (Å²) in [6, 6.07) is 1.69. The average Bonchev–Trinajstić information content (AvgIpc) is 3.23. The van der Waals surface area contributed by atoms with Crippen LogP contribution >= 0.6 is 0 Å². The Morgan fingerprint density at radius 1 is 1.40 bits per heavy atom. The highest BCUT2D eigenvalue weighted by molar-refractivity contribution is 5.93. The minimum absolute atomic E-state index is 0.00819. The van der Waals surface area contributed by atoms with Crippen molar-refractivity contribution in [3.63, 3.8) is 0 Å². The van der Waals surface area contributed by atoms with E-state index in [2.05, 4.69) is 32.6 Å². The number of rotatable bonds is 7. The Labute approximate surface area is 144 Å². The van der Waals surface area contributed by atoms with E-state index in [-0.39, 0.29) is 12.5 Å². The zero-order valence-electron chi connectivity index (χ0n) is 14.5. The van der Waals surface area contributed by atoms with E-state index >= 15 is 0 Å². The van der Waals surface area contributed by atoms with E-state index in [1.807, 2.05) is 13.8 Å². The zero-order valence-corrected chi connectivity index (χ0v) is 14.5. The van der Waals surface area contributed by atoms with Gasteiger partial charge in [0, 0.05) is 12.7 Å². The third-order valence-electron chi connectivity index (χ3n) is 3.80. The minimum atomic E-state index is -0.490. The Bertz CT molecular complexity index is 870. The predicted octanol–water partition coefficient (Wildman–Crippen LogP) is 2.49. The zero-order chi connectivity index (χ0) is 17.8. The molecule has 0 bridgehead atoms. The molecule has 3 aromatic rings. The minimum Gasteiger partial charge on any atom is -0.454 e. The standard InChI is InChI=1S/C16H20N6O3/c1-4-5-6-22-13(18-20-21-22)9-24-16(23)11-7-12-14(10(2)3)19-25-15(12)17-8-11/h7-8,10H,4-6,9H2,1-3H3. The predicted molar refractivity (Wildman–Crippen MR) is 87.7 cm³/mol. The van der Waals surface area contributed by atoms with E-state index in [9.17, 15) is 4.79 Å². The first-order valence-corrected chi connectivity index (χ1v) is 8.27. The molecule has 0 amide bonds. The van der Waals surface area contributed by atoms with Crippen LogP contribution in [0.1, 0.15) is 61.4 Å². The largest absolute Gasteiger partial charge is 0.454 e. The quantitative estimate of drug-likeness (QED) is 0.601. The molecular weight excluding hydrogens is 324 g/mol. The number of ether oxygens (including phenoxy) is 1. The maximum Gasteiger partial charge on any atom is 0.340 e. The van der Waals surface area contributed by atoms with Crippen LogP contribution in [-0.2, 0) is 17.9 Å². The van der Waals surface area contributed by atoms with Crippen LogP contribution in [0.5, 0.6) is 0 Å². The first-order chi connectivity index (χ1) is 12.1. The van der Waals surface area contributed by atoms with Crippen LogP contribution in [0.15, 0.2) is 16.8 Å². The lowest BCUT2D eigenvalue weighted by molar-refractivity contribution is 0.0456. The van der Waals surface area contributed by atoms with Gasteiger partial charge in [0.1, 0.15) is 0 Å². The molecule has 3 rings (SSSR count). The molecule has 0 unspecified atom stereocenters. The van der Waals surface area contributed by atoms with Crippen molar-refractivity contribution in [2.24, 2.45) is 0 Å². The molecule has 3 heterocycles. The monoisotopic (exact) mass is 344 g/mol. The molecule has 0 aliphatic carbocycles. The van der Waals surface area contributed by atoms with Crippen molar-refractivity contribution in [2.75, 3.05) is 0 Å². The lowest BCUT2D eigenvalue weighted by atomic mass is 10.1. The number of aromatic nitrogens is 6. The molecule has 132 valence electrons. The van der Waals surface area contributed by atoms with Crippen LogP contribution < -0.4 is 0 Å². The second-order valence-corrected chi connectivity index (χ2v) is 6.05. The number of esters is 1. The van der Waals surface area contributed by atoms with Crippen molar-refractivity contribution in [2.45, 2.75) is 52.7 Å². The molecule has 9 heteroatoms. The third-order valence-corrected chi connectivity index (χ3v) is 3.80. The topological polar surface area (TPSA) is 109 Å².